The summed E-state index contributed by atoms with van der Waals surface area (Å²) in [6, 6.07) is 16.0. The molecule has 0 amide bonds. The molecular formula is C17H20FNOS. The van der Waals surface area contributed by atoms with Gasteiger partial charge in [-0.1, -0.05) is 43.3 Å². The predicted octanol–water partition coefficient (Wildman–Crippen LogP) is 3.67. The molecule has 2 rings (SSSR count). The molecule has 0 aliphatic rings. The minimum Gasteiger partial charge on any atom is -0.309 e. The number of halogens is 1. The molecular weight excluding hydrogens is 285 g/mol. The topological polar surface area (TPSA) is 29.1 Å². The molecule has 0 spiro atoms. The number of rotatable bonds is 7. The Kier molecular flexibility index (Phi) is 6.08. The average Bonchev–Trinajstić information content (AvgIpc) is 2.52. The molecule has 2 aromatic rings. The summed E-state index contributed by atoms with van der Waals surface area (Å²) in [4.78, 5) is 0.536. The smallest absolute Gasteiger partial charge is 0.124 e. The second kappa shape index (κ2) is 8.05. The molecule has 21 heavy (non-hydrogen) atoms. The monoisotopic (exact) mass is 305 g/mol. The summed E-state index contributed by atoms with van der Waals surface area (Å²) in [6.45, 7) is 2.96. The molecule has 0 aliphatic heterocycles. The summed E-state index contributed by atoms with van der Waals surface area (Å²) in [5.74, 6) is 0.0895. The van der Waals surface area contributed by atoms with Crippen molar-refractivity contribution in [2.45, 2.75) is 24.3 Å². The van der Waals surface area contributed by atoms with Gasteiger partial charge < -0.3 is 5.32 Å². The zero-order valence-corrected chi connectivity index (χ0v) is 12.9. The van der Waals surface area contributed by atoms with Crippen LogP contribution in [0.5, 0.6) is 0 Å². The van der Waals surface area contributed by atoms with Crippen molar-refractivity contribution < 1.29 is 8.60 Å². The van der Waals surface area contributed by atoms with E-state index in [1.165, 1.54) is 12.1 Å². The SMILES string of the molecule is CCCNC(CS(=O)c1cccc(F)c1)c1ccccc1. The summed E-state index contributed by atoms with van der Waals surface area (Å²) in [6.07, 6.45) is 1.01. The fraction of sp³-hybridized carbons (Fsp3) is 0.294. The molecule has 0 aliphatic carbocycles. The quantitative estimate of drug-likeness (QED) is 0.845. The molecule has 0 fully saturated rings. The van der Waals surface area contributed by atoms with E-state index in [0.29, 0.717) is 10.6 Å². The van der Waals surface area contributed by atoms with E-state index in [4.69, 9.17) is 0 Å². The van der Waals surface area contributed by atoms with Gasteiger partial charge in [-0.05, 0) is 36.7 Å². The Balaban J connectivity index is 2.13. The predicted molar refractivity (Wildman–Crippen MR) is 85.2 cm³/mol. The van der Waals surface area contributed by atoms with Gasteiger partial charge in [0.05, 0.1) is 10.8 Å². The van der Waals surface area contributed by atoms with Gasteiger partial charge in [0, 0.05) is 16.7 Å². The lowest BCUT2D eigenvalue weighted by Gasteiger charge is -2.18. The molecule has 0 radical (unpaired) electrons. The standard InChI is InChI=1S/C17H20FNOS/c1-2-11-19-17(14-7-4-3-5-8-14)13-21(20)16-10-6-9-15(18)12-16/h3-10,12,17,19H,2,11,13H2,1H3. The fourth-order valence-electron chi connectivity index (χ4n) is 2.13. The Bertz CT molecular complexity index is 588. The maximum Gasteiger partial charge on any atom is 0.124 e. The van der Waals surface area contributed by atoms with Crippen LogP contribution in [0.2, 0.25) is 0 Å². The number of hydrogen-bond acceptors (Lipinski definition) is 2. The lowest BCUT2D eigenvalue weighted by molar-refractivity contribution is 0.569. The summed E-state index contributed by atoms with van der Waals surface area (Å²) in [5, 5.41) is 3.41. The molecule has 1 N–H and O–H groups in total. The van der Waals surface area contributed by atoms with Crippen LogP contribution in [0.3, 0.4) is 0 Å². The molecule has 0 aromatic heterocycles. The summed E-state index contributed by atoms with van der Waals surface area (Å²) in [7, 11) is -1.23. The van der Waals surface area contributed by atoms with E-state index >= 15 is 0 Å². The second-order valence-electron chi connectivity index (χ2n) is 4.89. The fourth-order valence-corrected chi connectivity index (χ4v) is 3.41. The first-order chi connectivity index (χ1) is 10.2. The Labute approximate surface area is 127 Å². The minimum absolute atomic E-state index is 0.00949. The Morgan fingerprint density at radius 2 is 1.90 bits per heavy atom. The van der Waals surface area contributed by atoms with Crippen LogP contribution in [0.4, 0.5) is 4.39 Å². The highest BCUT2D eigenvalue weighted by Gasteiger charge is 2.15. The largest absolute Gasteiger partial charge is 0.309 e. The minimum atomic E-state index is -1.23. The van der Waals surface area contributed by atoms with Crippen molar-refractivity contribution in [2.75, 3.05) is 12.3 Å². The first kappa shape index (κ1) is 15.9. The molecule has 2 aromatic carbocycles. The van der Waals surface area contributed by atoms with Crippen LogP contribution in [0.25, 0.3) is 0 Å². The van der Waals surface area contributed by atoms with Crippen LogP contribution in [-0.2, 0) is 10.8 Å². The third-order valence-corrected chi connectivity index (χ3v) is 4.64. The van der Waals surface area contributed by atoms with Gasteiger partial charge in [-0.3, -0.25) is 4.21 Å². The second-order valence-corrected chi connectivity index (χ2v) is 6.38. The Morgan fingerprint density at radius 3 is 2.57 bits per heavy atom. The van der Waals surface area contributed by atoms with Gasteiger partial charge in [0.15, 0.2) is 0 Å². The van der Waals surface area contributed by atoms with Gasteiger partial charge in [-0.15, -0.1) is 0 Å². The normalized spacial score (nSPS) is 13.8. The zero-order valence-electron chi connectivity index (χ0n) is 12.1. The molecule has 2 unspecified atom stereocenters. The van der Waals surface area contributed by atoms with Crippen molar-refractivity contribution in [3.63, 3.8) is 0 Å². The van der Waals surface area contributed by atoms with E-state index < -0.39 is 10.8 Å². The molecule has 112 valence electrons. The average molecular weight is 305 g/mol. The zero-order chi connectivity index (χ0) is 15.1. The van der Waals surface area contributed by atoms with Crippen LogP contribution < -0.4 is 5.32 Å². The third kappa shape index (κ3) is 4.76. The van der Waals surface area contributed by atoms with Crippen molar-refractivity contribution in [1.29, 1.82) is 0 Å². The van der Waals surface area contributed by atoms with Crippen molar-refractivity contribution in [3.8, 4) is 0 Å². The maximum atomic E-state index is 13.2. The maximum absolute atomic E-state index is 13.2. The molecule has 0 heterocycles. The highest BCUT2D eigenvalue weighted by Crippen LogP contribution is 2.18. The Hall–Kier alpha value is -1.52. The van der Waals surface area contributed by atoms with Crippen LogP contribution >= 0.6 is 0 Å². The summed E-state index contributed by atoms with van der Waals surface area (Å²) >= 11 is 0. The number of benzene rings is 2. The molecule has 0 bridgehead atoms. The van der Waals surface area contributed by atoms with Crippen molar-refractivity contribution in [3.05, 3.63) is 66.0 Å². The van der Waals surface area contributed by atoms with Gasteiger partial charge in [-0.2, -0.15) is 0 Å². The van der Waals surface area contributed by atoms with E-state index in [0.717, 1.165) is 18.5 Å². The van der Waals surface area contributed by atoms with Crippen molar-refractivity contribution >= 4 is 10.8 Å². The highest BCUT2D eigenvalue weighted by atomic mass is 32.2. The lowest BCUT2D eigenvalue weighted by Crippen LogP contribution is -2.27. The first-order valence-electron chi connectivity index (χ1n) is 7.13. The third-order valence-electron chi connectivity index (χ3n) is 3.22. The van der Waals surface area contributed by atoms with Crippen LogP contribution in [0, 0.1) is 5.82 Å². The molecule has 0 saturated heterocycles. The van der Waals surface area contributed by atoms with E-state index in [1.54, 1.807) is 12.1 Å². The van der Waals surface area contributed by atoms with Crippen LogP contribution in [0.1, 0.15) is 24.9 Å². The van der Waals surface area contributed by atoms with Gasteiger partial charge in [-0.25, -0.2) is 4.39 Å². The van der Waals surface area contributed by atoms with Gasteiger partial charge in [0.1, 0.15) is 5.82 Å². The molecule has 2 atom stereocenters. The van der Waals surface area contributed by atoms with Gasteiger partial charge in [0.2, 0.25) is 0 Å². The molecule has 0 saturated carbocycles. The lowest BCUT2D eigenvalue weighted by atomic mass is 10.1. The Morgan fingerprint density at radius 1 is 1.14 bits per heavy atom. The first-order valence-corrected chi connectivity index (χ1v) is 8.45. The highest BCUT2D eigenvalue weighted by molar-refractivity contribution is 7.85. The van der Waals surface area contributed by atoms with Gasteiger partial charge >= 0.3 is 0 Å². The van der Waals surface area contributed by atoms with Crippen LogP contribution in [-0.4, -0.2) is 16.5 Å². The number of nitrogens with one attached hydrogen (secondary N) is 1. The van der Waals surface area contributed by atoms with Gasteiger partial charge in [0.25, 0.3) is 0 Å². The summed E-state index contributed by atoms with van der Waals surface area (Å²) in [5.41, 5.74) is 1.11. The van der Waals surface area contributed by atoms with E-state index in [2.05, 4.69) is 12.2 Å². The van der Waals surface area contributed by atoms with E-state index in [-0.39, 0.29) is 11.9 Å². The van der Waals surface area contributed by atoms with E-state index in [9.17, 15) is 8.60 Å². The summed E-state index contributed by atoms with van der Waals surface area (Å²) < 4.78 is 25.7. The van der Waals surface area contributed by atoms with E-state index in [1.807, 2.05) is 30.3 Å². The molecule has 2 nitrogen and oxygen atoms in total. The molecule has 4 heteroatoms. The van der Waals surface area contributed by atoms with Crippen LogP contribution in [0.15, 0.2) is 59.5 Å². The van der Waals surface area contributed by atoms with Crippen molar-refractivity contribution in [1.82, 2.24) is 5.32 Å². The van der Waals surface area contributed by atoms with Crippen molar-refractivity contribution in [2.24, 2.45) is 0 Å². The number of hydrogen-bond donors (Lipinski definition) is 1.